The van der Waals surface area contributed by atoms with Crippen LogP contribution < -0.4 is 10.6 Å². The molecule has 0 aliphatic carbocycles. The minimum Gasteiger partial charge on any atom is -0.480 e. The molecule has 2 heterocycles. The number of amides is 3. The Balaban J connectivity index is 0.00000867. The number of likely N-dealkylation sites (tertiary alicyclic amines) is 1. The van der Waals surface area contributed by atoms with Crippen LogP contribution in [0.2, 0.25) is 0 Å². The van der Waals surface area contributed by atoms with Gasteiger partial charge in [-0.05, 0) is 44.0 Å². The molecule has 3 rings (SSSR count). The summed E-state index contributed by atoms with van der Waals surface area (Å²) in [7, 11) is -1.67. The molecule has 0 spiro atoms. The van der Waals surface area contributed by atoms with E-state index in [9.17, 15) is 54.1 Å². The SMILES string of the molecule is C[C@@H](NC(=O)c1ccc(NC(=O)CN2CCN(CC(=O)O)CCN(CC(=O)O)CCN(CC(=O)O)CC2)cc1)C(=O)N1CCC[C@H]1B(O)O.[Lu]. The van der Waals surface area contributed by atoms with Crippen molar-refractivity contribution in [2.24, 2.45) is 0 Å². The Hall–Kier alpha value is -2.90. The molecule has 2 aliphatic rings. The van der Waals surface area contributed by atoms with Gasteiger partial charge in [0.2, 0.25) is 11.8 Å². The molecule has 2 aliphatic heterocycles. The first-order chi connectivity index (χ1) is 23.2. The molecule has 1 aromatic rings. The fourth-order valence-electron chi connectivity index (χ4n) is 5.86. The van der Waals surface area contributed by atoms with Gasteiger partial charge in [-0.1, -0.05) is 0 Å². The summed E-state index contributed by atoms with van der Waals surface area (Å²) in [5.41, 5.74) is 0.634. The van der Waals surface area contributed by atoms with Gasteiger partial charge in [-0.25, -0.2) is 0 Å². The topological polar surface area (TPSA) is 244 Å². The molecule has 0 bridgehead atoms. The Kier molecular flexibility index (Phi) is 18.6. The molecule has 18 nitrogen and oxygen atoms in total. The molecule has 1 aromatic carbocycles. The van der Waals surface area contributed by atoms with Gasteiger partial charge < -0.3 is 40.9 Å². The monoisotopic (exact) mass is 866 g/mol. The van der Waals surface area contributed by atoms with Gasteiger partial charge in [-0.3, -0.25) is 48.4 Å². The van der Waals surface area contributed by atoms with Gasteiger partial charge in [0.25, 0.3) is 5.91 Å². The van der Waals surface area contributed by atoms with Gasteiger partial charge in [-0.15, -0.1) is 0 Å². The molecule has 20 heteroatoms. The summed E-state index contributed by atoms with van der Waals surface area (Å²) < 4.78 is 0. The Morgan fingerprint density at radius 3 is 1.54 bits per heavy atom. The van der Waals surface area contributed by atoms with Crippen LogP contribution >= 0.6 is 0 Å². The Labute approximate surface area is 319 Å². The summed E-state index contributed by atoms with van der Waals surface area (Å²) in [5, 5.41) is 52.6. The number of hydrogen-bond donors (Lipinski definition) is 7. The van der Waals surface area contributed by atoms with Crippen molar-refractivity contribution in [3.8, 4) is 0 Å². The number of anilines is 1. The standard InChI is InChI=1S/C30H46BN7O11.Lu/c1-21(30(47)38-8-2-3-24(38)31(48)49)32-29(46)22-4-6-23(7-5-22)33-25(39)17-34-9-11-35(18-26(40)41)13-15-37(20-28(44)45)16-14-36(12-10-34)19-27(42)43;/h4-7,21,24,48-49H,2-3,8-20H2,1H3,(H,32,46)(H,33,39)(H,40,41)(H,42,43)(H,44,45);/t21-,24+;/m1./s1. The van der Waals surface area contributed by atoms with Crippen molar-refractivity contribution in [2.75, 3.05) is 90.4 Å². The van der Waals surface area contributed by atoms with E-state index >= 15 is 0 Å². The first kappa shape index (κ1) is 43.3. The molecule has 2 atom stereocenters. The largest absolute Gasteiger partial charge is 0.480 e. The van der Waals surface area contributed by atoms with E-state index in [-0.39, 0.29) is 121 Å². The summed E-state index contributed by atoms with van der Waals surface area (Å²) in [4.78, 5) is 81.2. The maximum atomic E-state index is 13.1. The molecule has 285 valence electrons. The second-order valence-corrected chi connectivity index (χ2v) is 12.3. The van der Waals surface area contributed by atoms with Gasteiger partial charge in [0.15, 0.2) is 0 Å². The molecule has 0 saturated carbocycles. The van der Waals surface area contributed by atoms with Gasteiger partial charge >= 0.3 is 25.0 Å². The Bertz CT molecular complexity index is 1290. The molecule has 0 unspecified atom stereocenters. The molecule has 3 amide bonds. The van der Waals surface area contributed by atoms with Gasteiger partial charge in [-0.2, -0.15) is 0 Å². The van der Waals surface area contributed by atoms with Crippen LogP contribution in [0.5, 0.6) is 0 Å². The van der Waals surface area contributed by atoms with E-state index in [0.29, 0.717) is 25.1 Å². The van der Waals surface area contributed by atoms with Crippen LogP contribution in [-0.4, -0.2) is 190 Å². The molecule has 7 N–H and O–H groups in total. The van der Waals surface area contributed by atoms with E-state index < -0.39 is 54.7 Å². The van der Waals surface area contributed by atoms with E-state index in [0.717, 1.165) is 0 Å². The van der Waals surface area contributed by atoms with Crippen LogP contribution in [0.1, 0.15) is 30.1 Å². The normalized spacial score (nSPS) is 19.3. The third-order valence-electron chi connectivity index (χ3n) is 8.45. The van der Waals surface area contributed by atoms with Crippen LogP contribution in [0.15, 0.2) is 24.3 Å². The van der Waals surface area contributed by atoms with Crippen molar-refractivity contribution in [1.29, 1.82) is 0 Å². The number of hydrogen-bond acceptors (Lipinski definition) is 12. The van der Waals surface area contributed by atoms with Crippen molar-refractivity contribution in [2.45, 2.75) is 31.7 Å². The van der Waals surface area contributed by atoms with Gasteiger partial charge in [0.1, 0.15) is 6.04 Å². The molecule has 0 aromatic heterocycles. The maximum absolute atomic E-state index is 13.1. The zero-order valence-electron chi connectivity index (χ0n) is 27.8. The molecular formula is C30H46BLuN7O11. The van der Waals surface area contributed by atoms with Crippen LogP contribution in [-0.2, 0) is 24.0 Å². The van der Waals surface area contributed by atoms with Crippen molar-refractivity contribution in [3.63, 3.8) is 0 Å². The summed E-state index contributed by atoms with van der Waals surface area (Å²) in [6, 6.07) is 5.11. The second-order valence-electron chi connectivity index (χ2n) is 12.3. The summed E-state index contributed by atoms with van der Waals surface area (Å²) >= 11 is 0. The first-order valence-electron chi connectivity index (χ1n) is 16.1. The molecular weight excluding hydrogens is 820 g/mol. The van der Waals surface area contributed by atoms with Crippen molar-refractivity contribution >= 4 is 48.4 Å². The fraction of sp³-hybridized carbons (Fsp3) is 0.600. The smallest absolute Gasteiger partial charge is 0.475 e. The average Bonchev–Trinajstić information content (AvgIpc) is 3.52. The zero-order valence-corrected chi connectivity index (χ0v) is 29.5. The van der Waals surface area contributed by atoms with E-state index in [1.54, 1.807) is 19.6 Å². The summed E-state index contributed by atoms with van der Waals surface area (Å²) in [6.45, 7) is 3.12. The third kappa shape index (κ3) is 14.8. The summed E-state index contributed by atoms with van der Waals surface area (Å²) in [5.74, 6) is -5.21. The number of carbonyl (C=O) groups excluding carboxylic acids is 3. The molecule has 50 heavy (non-hydrogen) atoms. The van der Waals surface area contributed by atoms with Crippen LogP contribution in [0, 0.1) is 36.9 Å². The second kappa shape index (κ2) is 21.5. The minimum absolute atomic E-state index is 0. The molecule has 2 fully saturated rings. The van der Waals surface area contributed by atoms with E-state index in [2.05, 4.69) is 10.6 Å². The van der Waals surface area contributed by atoms with E-state index in [1.807, 2.05) is 0 Å². The van der Waals surface area contributed by atoms with Gasteiger partial charge in [0.05, 0.1) is 32.1 Å². The third-order valence-corrected chi connectivity index (χ3v) is 8.45. The quantitative estimate of drug-likeness (QED) is 0.0993. The zero-order chi connectivity index (χ0) is 36.1. The number of nitrogens with one attached hydrogen (secondary N) is 2. The van der Waals surface area contributed by atoms with Crippen LogP contribution in [0.4, 0.5) is 5.69 Å². The van der Waals surface area contributed by atoms with E-state index in [4.69, 9.17) is 0 Å². The Morgan fingerprint density at radius 1 is 0.720 bits per heavy atom. The van der Waals surface area contributed by atoms with Crippen molar-refractivity contribution in [3.05, 3.63) is 29.8 Å². The maximum Gasteiger partial charge on any atom is 0.475 e. The summed E-state index contributed by atoms with van der Waals surface area (Å²) in [6.07, 6.45) is 1.08. The van der Waals surface area contributed by atoms with Gasteiger partial charge in [0, 0.05) is 107 Å². The number of benzene rings is 1. The predicted octanol–water partition coefficient (Wildman–Crippen LogP) is -2.78. The fourth-order valence-corrected chi connectivity index (χ4v) is 5.86. The molecule has 1 radical (unpaired) electrons. The number of rotatable bonds is 13. The number of carboxylic acids is 3. The number of aliphatic carboxylic acids is 3. The average molecular weight is 867 g/mol. The van der Waals surface area contributed by atoms with Crippen LogP contribution in [0.25, 0.3) is 0 Å². The van der Waals surface area contributed by atoms with Crippen LogP contribution in [0.3, 0.4) is 0 Å². The Morgan fingerprint density at radius 2 is 1.14 bits per heavy atom. The number of carbonyl (C=O) groups is 6. The number of nitrogens with zero attached hydrogens (tertiary/aromatic N) is 5. The molecule has 2 saturated heterocycles. The van der Waals surface area contributed by atoms with Crippen molar-refractivity contribution < 1.29 is 91.0 Å². The number of carboxylic acid groups (broad SMARTS) is 3. The minimum atomic E-state index is -1.67. The predicted molar refractivity (Wildman–Crippen MR) is 176 cm³/mol. The van der Waals surface area contributed by atoms with Crippen molar-refractivity contribution in [1.82, 2.24) is 29.8 Å². The van der Waals surface area contributed by atoms with E-state index in [1.165, 1.54) is 36.1 Å². The first-order valence-corrected chi connectivity index (χ1v) is 16.1.